The number of unbranched alkanes of at least 4 members (excludes halogenated alkanes) is 1. The third-order valence-electron chi connectivity index (χ3n) is 5.27. The van der Waals surface area contributed by atoms with Gasteiger partial charge in [0.2, 0.25) is 10.0 Å². The maximum absolute atomic E-state index is 12.9. The summed E-state index contributed by atoms with van der Waals surface area (Å²) in [5.74, 6) is 0.812. The average Bonchev–Trinajstić information content (AvgIpc) is 3.07. The number of nitro benzene ring substituents is 1. The molecule has 3 rings (SSSR count). The van der Waals surface area contributed by atoms with Crippen LogP contribution >= 0.6 is 0 Å². The number of hydrogen-bond acceptors (Lipinski definition) is 6. The van der Waals surface area contributed by atoms with Crippen LogP contribution in [-0.4, -0.2) is 43.9 Å². The molecule has 1 N–H and O–H groups in total. The van der Waals surface area contributed by atoms with Gasteiger partial charge in [-0.2, -0.15) is 4.31 Å². The van der Waals surface area contributed by atoms with E-state index in [1.807, 2.05) is 30.3 Å². The number of benzene rings is 2. The fourth-order valence-corrected chi connectivity index (χ4v) is 5.10. The summed E-state index contributed by atoms with van der Waals surface area (Å²) >= 11 is 0. The number of rotatable bonds is 10. The molecule has 0 unspecified atom stereocenters. The molecule has 0 bridgehead atoms. The molecule has 9 heteroatoms. The molecule has 0 atom stereocenters. The maximum atomic E-state index is 12.9. The molecule has 0 aromatic heterocycles. The Kier molecular flexibility index (Phi) is 8.25. The molecular formula is C22H29N3O5S. The number of sulfonamides is 1. The van der Waals surface area contributed by atoms with E-state index in [4.69, 9.17) is 4.74 Å². The molecule has 0 amide bonds. The largest absolute Gasteiger partial charge is 0.494 e. The van der Waals surface area contributed by atoms with E-state index in [9.17, 15) is 18.5 Å². The quantitative estimate of drug-likeness (QED) is 0.328. The highest BCUT2D eigenvalue weighted by molar-refractivity contribution is 7.89. The third-order valence-corrected chi connectivity index (χ3v) is 7.16. The van der Waals surface area contributed by atoms with E-state index in [0.29, 0.717) is 31.9 Å². The molecule has 168 valence electrons. The molecule has 2 aromatic carbocycles. The van der Waals surface area contributed by atoms with Crippen LogP contribution in [0.25, 0.3) is 0 Å². The monoisotopic (exact) mass is 447 g/mol. The van der Waals surface area contributed by atoms with Crippen LogP contribution in [0.2, 0.25) is 0 Å². The predicted molar refractivity (Wildman–Crippen MR) is 120 cm³/mol. The Labute approximate surface area is 183 Å². The highest BCUT2D eigenvalue weighted by Crippen LogP contribution is 2.30. The lowest BCUT2D eigenvalue weighted by molar-refractivity contribution is -0.384. The molecule has 1 aliphatic rings. The predicted octanol–water partition coefficient (Wildman–Crippen LogP) is 4.43. The van der Waals surface area contributed by atoms with Crippen LogP contribution in [0.3, 0.4) is 0 Å². The molecule has 0 aliphatic carbocycles. The van der Waals surface area contributed by atoms with E-state index < -0.39 is 14.9 Å². The number of nitrogens with zero attached hydrogens (tertiary/aromatic N) is 2. The lowest BCUT2D eigenvalue weighted by Crippen LogP contribution is -2.32. The minimum Gasteiger partial charge on any atom is -0.494 e. The fourth-order valence-electron chi connectivity index (χ4n) is 3.56. The van der Waals surface area contributed by atoms with Crippen molar-refractivity contribution in [3.8, 4) is 5.75 Å². The van der Waals surface area contributed by atoms with Gasteiger partial charge in [0.05, 0.1) is 16.4 Å². The minimum atomic E-state index is -3.73. The van der Waals surface area contributed by atoms with Gasteiger partial charge < -0.3 is 10.1 Å². The second-order valence-corrected chi connectivity index (χ2v) is 9.49. The topological polar surface area (TPSA) is 102 Å². The summed E-state index contributed by atoms with van der Waals surface area (Å²) in [5, 5.41) is 14.6. The van der Waals surface area contributed by atoms with Crippen molar-refractivity contribution in [2.45, 2.75) is 43.4 Å². The standard InChI is InChI=1S/C22H29N3O5S/c26-25(27)22-18-20(31(28,29)24-15-7-1-2-8-16-24)12-13-21(22)23-14-6-9-17-30-19-10-4-3-5-11-19/h3-5,10-13,18,23H,1-2,6-9,14-17H2. The number of nitrogens with one attached hydrogen (secondary N) is 1. The summed E-state index contributed by atoms with van der Waals surface area (Å²) < 4.78 is 33.0. The summed E-state index contributed by atoms with van der Waals surface area (Å²) in [7, 11) is -3.73. The zero-order valence-corrected chi connectivity index (χ0v) is 18.4. The summed E-state index contributed by atoms with van der Waals surface area (Å²) in [6.07, 6.45) is 5.19. The first-order valence-electron chi connectivity index (χ1n) is 10.7. The van der Waals surface area contributed by atoms with Gasteiger partial charge in [-0.05, 0) is 49.9 Å². The molecule has 8 nitrogen and oxygen atoms in total. The highest BCUT2D eigenvalue weighted by Gasteiger charge is 2.27. The lowest BCUT2D eigenvalue weighted by atomic mass is 10.2. The van der Waals surface area contributed by atoms with E-state index in [1.165, 1.54) is 22.5 Å². The van der Waals surface area contributed by atoms with Crippen molar-refractivity contribution in [2.24, 2.45) is 0 Å². The minimum absolute atomic E-state index is 0.0251. The van der Waals surface area contributed by atoms with Gasteiger partial charge >= 0.3 is 0 Å². The Hall–Kier alpha value is -2.65. The second-order valence-electron chi connectivity index (χ2n) is 7.55. The third kappa shape index (κ3) is 6.41. The van der Waals surface area contributed by atoms with Crippen molar-refractivity contribution in [3.63, 3.8) is 0 Å². The molecule has 1 heterocycles. The van der Waals surface area contributed by atoms with Gasteiger partial charge in [0.25, 0.3) is 5.69 Å². The maximum Gasteiger partial charge on any atom is 0.293 e. The zero-order chi connectivity index (χ0) is 22.1. The van der Waals surface area contributed by atoms with Crippen LogP contribution in [0.15, 0.2) is 53.4 Å². The first-order valence-corrected chi connectivity index (χ1v) is 12.1. The van der Waals surface area contributed by atoms with Crippen molar-refractivity contribution in [2.75, 3.05) is 31.6 Å². The van der Waals surface area contributed by atoms with Crippen LogP contribution in [0.4, 0.5) is 11.4 Å². The summed E-state index contributed by atoms with van der Waals surface area (Å²) in [6, 6.07) is 13.6. The number of ether oxygens (including phenoxy) is 1. The summed E-state index contributed by atoms with van der Waals surface area (Å²) in [6.45, 7) is 2.00. The highest BCUT2D eigenvalue weighted by atomic mass is 32.2. The Morgan fingerprint density at radius 3 is 2.39 bits per heavy atom. The molecule has 1 aliphatic heterocycles. The van der Waals surface area contributed by atoms with E-state index in [0.717, 1.165) is 44.3 Å². The van der Waals surface area contributed by atoms with Crippen molar-refractivity contribution < 1.29 is 18.1 Å². The first-order chi connectivity index (χ1) is 15.0. The summed E-state index contributed by atoms with van der Waals surface area (Å²) in [4.78, 5) is 11.0. The lowest BCUT2D eigenvalue weighted by Gasteiger charge is -2.20. The Bertz CT molecular complexity index is 958. The van der Waals surface area contributed by atoms with Gasteiger partial charge in [-0.25, -0.2) is 8.42 Å². The van der Waals surface area contributed by atoms with E-state index in [1.54, 1.807) is 0 Å². The van der Waals surface area contributed by atoms with E-state index in [2.05, 4.69) is 5.32 Å². The van der Waals surface area contributed by atoms with E-state index in [-0.39, 0.29) is 10.6 Å². The molecule has 0 radical (unpaired) electrons. The normalized spacial score (nSPS) is 15.2. The first kappa shape index (κ1) is 23.0. The Morgan fingerprint density at radius 2 is 1.71 bits per heavy atom. The number of nitro groups is 1. The van der Waals surface area contributed by atoms with Crippen LogP contribution < -0.4 is 10.1 Å². The van der Waals surface area contributed by atoms with Crippen LogP contribution in [0.5, 0.6) is 5.75 Å². The van der Waals surface area contributed by atoms with Crippen LogP contribution in [0.1, 0.15) is 38.5 Å². The molecular weight excluding hydrogens is 418 g/mol. The SMILES string of the molecule is O=[N+]([O-])c1cc(S(=O)(=O)N2CCCCCC2)ccc1NCCCCOc1ccccc1. The fraction of sp³-hybridized carbons (Fsp3) is 0.455. The van der Waals surface area contributed by atoms with Crippen molar-refractivity contribution in [1.29, 1.82) is 0 Å². The molecule has 1 fully saturated rings. The van der Waals surface area contributed by atoms with Gasteiger partial charge in [-0.1, -0.05) is 31.0 Å². The van der Waals surface area contributed by atoms with Gasteiger partial charge in [-0.15, -0.1) is 0 Å². The van der Waals surface area contributed by atoms with Gasteiger partial charge in [-0.3, -0.25) is 10.1 Å². The number of anilines is 1. The average molecular weight is 448 g/mol. The Morgan fingerprint density at radius 1 is 1.00 bits per heavy atom. The van der Waals surface area contributed by atoms with Crippen molar-refractivity contribution >= 4 is 21.4 Å². The smallest absolute Gasteiger partial charge is 0.293 e. The molecule has 0 saturated carbocycles. The Balaban J connectivity index is 1.58. The zero-order valence-electron chi connectivity index (χ0n) is 17.5. The van der Waals surface area contributed by atoms with Crippen molar-refractivity contribution in [3.05, 3.63) is 58.6 Å². The van der Waals surface area contributed by atoms with Gasteiger partial charge in [0.1, 0.15) is 11.4 Å². The van der Waals surface area contributed by atoms with Gasteiger partial charge in [0.15, 0.2) is 0 Å². The van der Waals surface area contributed by atoms with Crippen LogP contribution in [0, 0.1) is 10.1 Å². The van der Waals surface area contributed by atoms with Crippen molar-refractivity contribution in [1.82, 2.24) is 4.31 Å². The summed E-state index contributed by atoms with van der Waals surface area (Å²) in [5.41, 5.74) is 0.0974. The molecule has 31 heavy (non-hydrogen) atoms. The van der Waals surface area contributed by atoms with Gasteiger partial charge in [0, 0.05) is 25.7 Å². The number of para-hydroxylation sites is 1. The number of hydrogen-bond donors (Lipinski definition) is 1. The van der Waals surface area contributed by atoms with E-state index >= 15 is 0 Å². The molecule has 0 spiro atoms. The second kappa shape index (κ2) is 11.1. The van der Waals surface area contributed by atoms with Crippen LogP contribution in [-0.2, 0) is 10.0 Å². The molecule has 2 aromatic rings. The molecule has 1 saturated heterocycles.